The molecule has 0 bridgehead atoms. The number of nitrogens with one attached hydrogen (secondary N) is 2. The molecule has 2 atom stereocenters. The van der Waals surface area contributed by atoms with E-state index in [4.69, 9.17) is 0 Å². The van der Waals surface area contributed by atoms with Crippen molar-refractivity contribution in [2.75, 3.05) is 0 Å². The Morgan fingerprint density at radius 1 is 0.833 bits per heavy atom. The molecule has 6 nitrogen and oxygen atoms in total. The summed E-state index contributed by atoms with van der Waals surface area (Å²) in [5, 5.41) is 8.46. The second-order valence-corrected chi connectivity index (χ2v) is 7.07. The third-order valence-electron chi connectivity index (χ3n) is 5.01. The molecule has 24 heavy (non-hydrogen) atoms. The highest BCUT2D eigenvalue weighted by atomic mass is 16.2. The smallest absolute Gasteiger partial charge is 0.240 e. The molecule has 2 fully saturated rings. The lowest BCUT2D eigenvalue weighted by molar-refractivity contribution is -0.126. The highest BCUT2D eigenvalue weighted by Gasteiger charge is 2.17. The summed E-state index contributed by atoms with van der Waals surface area (Å²) < 4.78 is 0. The Kier molecular flexibility index (Phi) is 7.40. The molecule has 0 unspecified atom stereocenters. The van der Waals surface area contributed by atoms with E-state index in [9.17, 15) is 9.59 Å². The number of hydrogen-bond acceptors (Lipinski definition) is 4. The molecule has 2 rings (SSSR count). The van der Waals surface area contributed by atoms with E-state index >= 15 is 0 Å². The number of rotatable bonds is 5. The quantitative estimate of drug-likeness (QED) is 0.757. The van der Waals surface area contributed by atoms with Crippen molar-refractivity contribution in [1.29, 1.82) is 0 Å². The Labute approximate surface area is 144 Å². The molecule has 0 spiro atoms. The minimum atomic E-state index is -0.214. The Hall–Kier alpha value is -1.72. The van der Waals surface area contributed by atoms with Gasteiger partial charge in [-0.15, -0.1) is 0 Å². The molecule has 134 valence electrons. The third kappa shape index (κ3) is 6.06. The lowest BCUT2D eigenvalue weighted by Gasteiger charge is -2.20. The van der Waals surface area contributed by atoms with Gasteiger partial charge in [0.15, 0.2) is 0 Å². The Morgan fingerprint density at radius 3 is 1.62 bits per heavy atom. The van der Waals surface area contributed by atoms with Gasteiger partial charge in [-0.25, -0.2) is 10.9 Å². The van der Waals surface area contributed by atoms with Gasteiger partial charge in [0.2, 0.25) is 11.8 Å². The second kappa shape index (κ2) is 9.55. The van der Waals surface area contributed by atoms with Crippen LogP contribution in [-0.4, -0.2) is 23.2 Å². The van der Waals surface area contributed by atoms with Crippen LogP contribution >= 0.6 is 0 Å². The highest BCUT2D eigenvalue weighted by Crippen LogP contribution is 2.21. The van der Waals surface area contributed by atoms with E-state index in [0.717, 1.165) is 49.9 Å². The van der Waals surface area contributed by atoms with Gasteiger partial charge in [0, 0.05) is 24.3 Å². The molecule has 0 saturated heterocycles. The molecule has 2 N–H and O–H groups in total. The zero-order chi connectivity index (χ0) is 17.4. The Morgan fingerprint density at radius 2 is 1.25 bits per heavy atom. The molecule has 6 heteroatoms. The molecule has 2 aliphatic carbocycles. The summed E-state index contributed by atoms with van der Waals surface area (Å²) in [5.41, 5.74) is 7.30. The number of carbonyl (C=O) groups excluding carboxylic acids is 2. The van der Waals surface area contributed by atoms with Crippen LogP contribution in [0.5, 0.6) is 0 Å². The molecular formula is C18H30N4O2. The molecule has 0 heterocycles. The summed E-state index contributed by atoms with van der Waals surface area (Å²) in [4.78, 5) is 23.6. The van der Waals surface area contributed by atoms with Crippen LogP contribution in [0.4, 0.5) is 0 Å². The molecule has 0 aromatic rings. The summed E-state index contributed by atoms with van der Waals surface area (Å²) >= 11 is 0. The summed E-state index contributed by atoms with van der Waals surface area (Å²) in [6, 6.07) is 0. The fourth-order valence-electron chi connectivity index (χ4n) is 3.28. The van der Waals surface area contributed by atoms with Crippen LogP contribution in [0.3, 0.4) is 0 Å². The first-order valence-corrected chi connectivity index (χ1v) is 9.27. The summed E-state index contributed by atoms with van der Waals surface area (Å²) in [7, 11) is 0. The van der Waals surface area contributed by atoms with E-state index in [1.54, 1.807) is 0 Å². The molecule has 2 amide bonds. The maximum Gasteiger partial charge on any atom is 0.240 e. The minimum absolute atomic E-state index is 0.136. The first kappa shape index (κ1) is 18.6. The fraction of sp³-hybridized carbons (Fsp3) is 0.778. The van der Waals surface area contributed by atoms with E-state index < -0.39 is 0 Å². The van der Waals surface area contributed by atoms with Gasteiger partial charge in [-0.3, -0.25) is 9.59 Å². The summed E-state index contributed by atoms with van der Waals surface area (Å²) in [6.45, 7) is 4.28. The van der Waals surface area contributed by atoms with Crippen LogP contribution in [0, 0.1) is 11.8 Å². The summed E-state index contributed by atoms with van der Waals surface area (Å²) in [6.07, 6.45) is 9.20. The average Bonchev–Trinajstić information content (AvgIpc) is 2.58. The summed E-state index contributed by atoms with van der Waals surface area (Å²) in [5.74, 6) is 0.453. The van der Waals surface area contributed by atoms with Crippen molar-refractivity contribution in [3.8, 4) is 0 Å². The van der Waals surface area contributed by atoms with Gasteiger partial charge < -0.3 is 0 Å². The predicted octanol–water partition coefficient (Wildman–Crippen LogP) is 3.13. The monoisotopic (exact) mass is 334 g/mol. The van der Waals surface area contributed by atoms with Crippen LogP contribution < -0.4 is 10.9 Å². The SMILES string of the molecule is C[C@@H]1CCCCC1=NNC(=O)CCC(=O)NN=C1CCCC[C@H]1C. The lowest BCUT2D eigenvalue weighted by atomic mass is 9.89. The zero-order valence-corrected chi connectivity index (χ0v) is 14.9. The number of hydrogen-bond donors (Lipinski definition) is 2. The third-order valence-corrected chi connectivity index (χ3v) is 5.01. The van der Waals surface area contributed by atoms with Crippen molar-refractivity contribution in [3.05, 3.63) is 0 Å². The molecule has 0 radical (unpaired) electrons. The molecule has 2 aliphatic rings. The fourth-order valence-corrected chi connectivity index (χ4v) is 3.28. The molecule has 0 aliphatic heterocycles. The Balaban J connectivity index is 1.68. The maximum absolute atomic E-state index is 11.8. The van der Waals surface area contributed by atoms with E-state index in [0.29, 0.717) is 11.8 Å². The van der Waals surface area contributed by atoms with Crippen molar-refractivity contribution < 1.29 is 9.59 Å². The predicted molar refractivity (Wildman–Crippen MR) is 95.7 cm³/mol. The zero-order valence-electron chi connectivity index (χ0n) is 14.9. The van der Waals surface area contributed by atoms with Crippen LogP contribution in [0.15, 0.2) is 10.2 Å². The van der Waals surface area contributed by atoms with Gasteiger partial charge in [0.05, 0.1) is 0 Å². The van der Waals surface area contributed by atoms with Gasteiger partial charge in [-0.1, -0.05) is 26.7 Å². The molecule has 0 aromatic heterocycles. The van der Waals surface area contributed by atoms with Crippen molar-refractivity contribution in [2.45, 2.75) is 78.1 Å². The number of amides is 2. The molecule has 2 saturated carbocycles. The van der Waals surface area contributed by atoms with Crippen molar-refractivity contribution in [1.82, 2.24) is 10.9 Å². The van der Waals surface area contributed by atoms with Crippen LogP contribution in [0.25, 0.3) is 0 Å². The van der Waals surface area contributed by atoms with Gasteiger partial charge in [0.1, 0.15) is 0 Å². The number of hydrazone groups is 2. The van der Waals surface area contributed by atoms with E-state index in [-0.39, 0.29) is 24.7 Å². The van der Waals surface area contributed by atoms with Gasteiger partial charge in [0.25, 0.3) is 0 Å². The van der Waals surface area contributed by atoms with E-state index in [2.05, 4.69) is 34.9 Å². The van der Waals surface area contributed by atoms with Crippen LogP contribution in [-0.2, 0) is 9.59 Å². The number of carbonyl (C=O) groups is 2. The highest BCUT2D eigenvalue weighted by molar-refractivity contribution is 5.90. The van der Waals surface area contributed by atoms with Crippen molar-refractivity contribution in [2.24, 2.45) is 22.0 Å². The van der Waals surface area contributed by atoms with Gasteiger partial charge in [-0.2, -0.15) is 10.2 Å². The topological polar surface area (TPSA) is 82.9 Å². The second-order valence-electron chi connectivity index (χ2n) is 7.07. The standard InChI is InChI=1S/C18H30N4O2/c1-13-7-3-5-9-15(13)19-21-17(23)11-12-18(24)22-20-16-10-6-4-8-14(16)2/h13-14H,3-12H2,1-2H3,(H,21,23)(H,22,24)/t13-,14-/m1/s1. The number of nitrogens with zero attached hydrogens (tertiary/aromatic N) is 2. The lowest BCUT2D eigenvalue weighted by Crippen LogP contribution is -2.27. The van der Waals surface area contributed by atoms with Gasteiger partial charge in [-0.05, 0) is 50.4 Å². The normalized spacial score (nSPS) is 27.9. The van der Waals surface area contributed by atoms with Crippen LogP contribution in [0.1, 0.15) is 78.1 Å². The van der Waals surface area contributed by atoms with E-state index in [1.165, 1.54) is 12.8 Å². The van der Waals surface area contributed by atoms with Gasteiger partial charge >= 0.3 is 0 Å². The molecule has 0 aromatic carbocycles. The van der Waals surface area contributed by atoms with Crippen molar-refractivity contribution >= 4 is 23.2 Å². The first-order valence-electron chi connectivity index (χ1n) is 9.27. The first-order chi connectivity index (χ1) is 11.6. The van der Waals surface area contributed by atoms with Crippen molar-refractivity contribution in [3.63, 3.8) is 0 Å². The average molecular weight is 334 g/mol. The van der Waals surface area contributed by atoms with E-state index in [1.807, 2.05) is 0 Å². The maximum atomic E-state index is 11.8. The molecular weight excluding hydrogens is 304 g/mol. The Bertz CT molecular complexity index is 467. The largest absolute Gasteiger partial charge is 0.273 e. The minimum Gasteiger partial charge on any atom is -0.273 e. The van der Waals surface area contributed by atoms with Crippen LogP contribution in [0.2, 0.25) is 0 Å².